The lowest BCUT2D eigenvalue weighted by atomic mass is 10.1. The Morgan fingerprint density at radius 3 is 2.44 bits per heavy atom. The van der Waals surface area contributed by atoms with E-state index >= 15 is 0 Å². The molecule has 1 unspecified atom stereocenters. The maximum atomic E-state index is 11.9. The minimum absolute atomic E-state index is 0.00243. The van der Waals surface area contributed by atoms with E-state index in [1.54, 1.807) is 6.07 Å². The van der Waals surface area contributed by atoms with E-state index in [2.05, 4.69) is 13.8 Å². The summed E-state index contributed by atoms with van der Waals surface area (Å²) in [6.45, 7) is 4.21. The van der Waals surface area contributed by atoms with Crippen molar-refractivity contribution in [3.8, 4) is 0 Å². The SMILES string of the molecule is CC(C)CCS(=O)Cc1ccccc1CC(=O)O. The molecule has 0 saturated heterocycles. The van der Waals surface area contributed by atoms with E-state index in [-0.39, 0.29) is 6.42 Å². The first-order valence-corrected chi connectivity index (χ1v) is 7.61. The van der Waals surface area contributed by atoms with E-state index in [0.29, 0.717) is 17.4 Å². The van der Waals surface area contributed by atoms with E-state index in [1.165, 1.54) is 0 Å². The van der Waals surface area contributed by atoms with Crippen LogP contribution in [-0.4, -0.2) is 21.0 Å². The minimum Gasteiger partial charge on any atom is -0.481 e. The van der Waals surface area contributed by atoms with Gasteiger partial charge >= 0.3 is 5.97 Å². The molecule has 1 aromatic rings. The summed E-state index contributed by atoms with van der Waals surface area (Å²) in [5, 5.41) is 8.83. The number of carboxylic acid groups (broad SMARTS) is 1. The zero-order valence-electron chi connectivity index (χ0n) is 10.9. The maximum Gasteiger partial charge on any atom is 0.307 e. The molecule has 0 aliphatic heterocycles. The molecule has 0 heterocycles. The highest BCUT2D eigenvalue weighted by atomic mass is 32.2. The van der Waals surface area contributed by atoms with Gasteiger partial charge in [0.1, 0.15) is 0 Å². The summed E-state index contributed by atoms with van der Waals surface area (Å²) in [7, 11) is -0.910. The largest absolute Gasteiger partial charge is 0.481 e. The van der Waals surface area contributed by atoms with Gasteiger partial charge in [0, 0.05) is 22.3 Å². The molecule has 1 rings (SSSR count). The monoisotopic (exact) mass is 268 g/mol. The first-order chi connectivity index (χ1) is 8.49. The lowest BCUT2D eigenvalue weighted by Crippen LogP contribution is -2.08. The second-order valence-corrected chi connectivity index (χ2v) is 6.39. The summed E-state index contributed by atoms with van der Waals surface area (Å²) in [6.07, 6.45) is 0.936. The van der Waals surface area contributed by atoms with Crippen LogP contribution < -0.4 is 0 Å². The third kappa shape index (κ3) is 5.45. The molecule has 0 radical (unpaired) electrons. The van der Waals surface area contributed by atoms with Gasteiger partial charge in [-0.15, -0.1) is 0 Å². The highest BCUT2D eigenvalue weighted by molar-refractivity contribution is 7.84. The number of hydrogen-bond acceptors (Lipinski definition) is 2. The van der Waals surface area contributed by atoms with E-state index in [1.807, 2.05) is 18.2 Å². The zero-order chi connectivity index (χ0) is 13.5. The van der Waals surface area contributed by atoms with Crippen LogP contribution in [0.15, 0.2) is 24.3 Å². The molecule has 0 amide bonds. The van der Waals surface area contributed by atoms with Crippen molar-refractivity contribution in [3.05, 3.63) is 35.4 Å². The Morgan fingerprint density at radius 1 is 1.28 bits per heavy atom. The topological polar surface area (TPSA) is 54.4 Å². The minimum atomic E-state index is -0.910. The second kappa shape index (κ2) is 7.31. The van der Waals surface area contributed by atoms with Gasteiger partial charge < -0.3 is 5.11 Å². The molecule has 0 aliphatic rings. The van der Waals surface area contributed by atoms with Crippen LogP contribution in [0.3, 0.4) is 0 Å². The van der Waals surface area contributed by atoms with E-state index in [4.69, 9.17) is 5.11 Å². The molecule has 3 nitrogen and oxygen atoms in total. The second-order valence-electron chi connectivity index (χ2n) is 4.81. The molecule has 0 fully saturated rings. The van der Waals surface area contributed by atoms with Crippen molar-refractivity contribution < 1.29 is 14.1 Å². The molecule has 1 N–H and O–H groups in total. The summed E-state index contributed by atoms with van der Waals surface area (Å²) in [5.74, 6) is 0.827. The lowest BCUT2D eigenvalue weighted by molar-refractivity contribution is -0.136. The van der Waals surface area contributed by atoms with Gasteiger partial charge in [0.05, 0.1) is 6.42 Å². The third-order valence-electron chi connectivity index (χ3n) is 2.70. The van der Waals surface area contributed by atoms with Crippen LogP contribution in [0.25, 0.3) is 0 Å². The quantitative estimate of drug-likeness (QED) is 0.827. The summed E-state index contributed by atoms with van der Waals surface area (Å²) in [6, 6.07) is 7.34. The molecule has 1 atom stereocenters. The first-order valence-electron chi connectivity index (χ1n) is 6.12. The molecule has 0 aliphatic carbocycles. The van der Waals surface area contributed by atoms with Gasteiger partial charge in [0.25, 0.3) is 0 Å². The smallest absolute Gasteiger partial charge is 0.307 e. The Kier molecular flexibility index (Phi) is 6.05. The number of hydrogen-bond donors (Lipinski definition) is 1. The van der Waals surface area contributed by atoms with Gasteiger partial charge in [-0.2, -0.15) is 0 Å². The third-order valence-corrected chi connectivity index (χ3v) is 4.02. The Bertz CT molecular complexity index is 427. The van der Waals surface area contributed by atoms with Crippen molar-refractivity contribution in [3.63, 3.8) is 0 Å². The summed E-state index contributed by atoms with van der Waals surface area (Å²) in [5.41, 5.74) is 1.66. The Balaban J connectivity index is 2.65. The molecule has 1 aromatic carbocycles. The van der Waals surface area contributed by atoms with E-state index in [9.17, 15) is 9.00 Å². The summed E-state index contributed by atoms with van der Waals surface area (Å²) < 4.78 is 11.9. The van der Waals surface area contributed by atoms with E-state index < -0.39 is 16.8 Å². The Labute approximate surface area is 111 Å². The zero-order valence-corrected chi connectivity index (χ0v) is 11.7. The van der Waals surface area contributed by atoms with Crippen LogP contribution >= 0.6 is 0 Å². The van der Waals surface area contributed by atoms with Crippen molar-refractivity contribution in [1.29, 1.82) is 0 Å². The van der Waals surface area contributed by atoms with Gasteiger partial charge in [0.15, 0.2) is 0 Å². The summed E-state index contributed by atoms with van der Waals surface area (Å²) in [4.78, 5) is 10.7. The Hall–Kier alpha value is -1.16. The van der Waals surface area contributed by atoms with Crippen LogP contribution in [0.4, 0.5) is 0 Å². The molecule has 100 valence electrons. The fourth-order valence-electron chi connectivity index (χ4n) is 1.65. The van der Waals surface area contributed by atoms with Crippen LogP contribution in [-0.2, 0) is 27.8 Å². The molecular formula is C14H20O3S. The van der Waals surface area contributed by atoms with Gasteiger partial charge in [-0.3, -0.25) is 9.00 Å². The predicted octanol–water partition coefficient (Wildman–Crippen LogP) is 2.61. The van der Waals surface area contributed by atoms with Gasteiger partial charge in [0.2, 0.25) is 0 Å². The highest BCUT2D eigenvalue weighted by Crippen LogP contribution is 2.13. The average molecular weight is 268 g/mol. The van der Waals surface area contributed by atoms with Crippen LogP contribution in [0, 0.1) is 5.92 Å². The lowest BCUT2D eigenvalue weighted by Gasteiger charge is -2.08. The van der Waals surface area contributed by atoms with Crippen molar-refractivity contribution in [2.75, 3.05) is 5.75 Å². The maximum absolute atomic E-state index is 11.9. The van der Waals surface area contributed by atoms with Crippen molar-refractivity contribution >= 4 is 16.8 Å². The van der Waals surface area contributed by atoms with Crippen LogP contribution in [0.2, 0.25) is 0 Å². The number of rotatable bonds is 7. The molecular weight excluding hydrogens is 248 g/mol. The van der Waals surface area contributed by atoms with Crippen LogP contribution in [0.1, 0.15) is 31.4 Å². The normalized spacial score (nSPS) is 12.6. The van der Waals surface area contributed by atoms with Crippen molar-refractivity contribution in [1.82, 2.24) is 0 Å². The molecule has 4 heteroatoms. The number of aliphatic carboxylic acids is 1. The number of carbonyl (C=O) groups is 1. The molecule has 0 aromatic heterocycles. The molecule has 0 spiro atoms. The number of benzene rings is 1. The standard InChI is InChI=1S/C14H20O3S/c1-11(2)7-8-18(17)10-13-6-4-3-5-12(13)9-14(15)16/h3-6,11H,7-10H2,1-2H3,(H,15,16). The molecule has 18 heavy (non-hydrogen) atoms. The van der Waals surface area contributed by atoms with E-state index in [0.717, 1.165) is 17.5 Å². The highest BCUT2D eigenvalue weighted by Gasteiger charge is 2.09. The summed E-state index contributed by atoms with van der Waals surface area (Å²) >= 11 is 0. The van der Waals surface area contributed by atoms with Crippen molar-refractivity contribution in [2.45, 2.75) is 32.4 Å². The molecule has 0 saturated carbocycles. The van der Waals surface area contributed by atoms with Crippen molar-refractivity contribution in [2.24, 2.45) is 5.92 Å². The van der Waals surface area contributed by atoms with Crippen LogP contribution in [0.5, 0.6) is 0 Å². The predicted molar refractivity (Wildman–Crippen MR) is 74.0 cm³/mol. The Morgan fingerprint density at radius 2 is 1.89 bits per heavy atom. The first kappa shape index (κ1) is 14.9. The molecule has 0 bridgehead atoms. The fourth-order valence-corrected chi connectivity index (χ4v) is 3.15. The number of carboxylic acids is 1. The average Bonchev–Trinajstić information content (AvgIpc) is 2.28. The van der Waals surface area contributed by atoms with Gasteiger partial charge in [-0.25, -0.2) is 0 Å². The van der Waals surface area contributed by atoms with Gasteiger partial charge in [-0.05, 0) is 23.5 Å². The fraction of sp³-hybridized carbons (Fsp3) is 0.500. The van der Waals surface area contributed by atoms with Gasteiger partial charge in [-0.1, -0.05) is 38.1 Å².